The summed E-state index contributed by atoms with van der Waals surface area (Å²) in [4.78, 5) is 19.3. The second kappa shape index (κ2) is 9.29. The largest absolute Gasteiger partial charge is 0.493 e. The first-order valence-corrected chi connectivity index (χ1v) is 11.7. The number of thiazole rings is 1. The fourth-order valence-corrected chi connectivity index (χ4v) is 5.73. The Morgan fingerprint density at radius 3 is 2.70 bits per heavy atom. The second-order valence-electron chi connectivity index (χ2n) is 7.16. The third kappa shape index (κ3) is 4.75. The molecule has 0 aliphatic carbocycles. The third-order valence-electron chi connectivity index (χ3n) is 4.73. The Balaban J connectivity index is 1.78. The van der Waals surface area contributed by atoms with Crippen molar-refractivity contribution in [2.45, 2.75) is 30.3 Å². The van der Waals surface area contributed by atoms with Gasteiger partial charge in [-0.15, -0.1) is 11.3 Å². The number of ether oxygens (including phenoxy) is 2. The average molecular weight is 455 g/mol. The summed E-state index contributed by atoms with van der Waals surface area (Å²) in [5.41, 5.74) is 0.849. The lowest BCUT2D eigenvalue weighted by molar-refractivity contribution is -0.119. The van der Waals surface area contributed by atoms with Crippen molar-refractivity contribution in [2.24, 2.45) is 0 Å². The summed E-state index contributed by atoms with van der Waals surface area (Å²) < 4.78 is 38.1. The molecule has 1 aliphatic heterocycles. The molecule has 1 amide bonds. The van der Waals surface area contributed by atoms with Crippen molar-refractivity contribution in [1.82, 2.24) is 14.2 Å². The van der Waals surface area contributed by atoms with Gasteiger partial charge in [-0.25, -0.2) is 13.4 Å². The molecule has 2 aromatic rings. The first kappa shape index (κ1) is 22.5. The maximum Gasteiger partial charge on any atom is 0.244 e. The van der Waals surface area contributed by atoms with Crippen LogP contribution in [0.4, 0.5) is 5.13 Å². The van der Waals surface area contributed by atoms with Gasteiger partial charge >= 0.3 is 0 Å². The summed E-state index contributed by atoms with van der Waals surface area (Å²) in [6, 6.07) is 3.62. The Bertz CT molecular complexity index is 1010. The van der Waals surface area contributed by atoms with Crippen LogP contribution in [0.1, 0.15) is 18.5 Å². The third-order valence-corrected chi connectivity index (χ3v) is 7.44. The summed E-state index contributed by atoms with van der Waals surface area (Å²) in [6.07, 6.45) is 1.06. The van der Waals surface area contributed by atoms with Crippen molar-refractivity contribution < 1.29 is 22.7 Å². The molecular weight excluding hydrogens is 428 g/mol. The van der Waals surface area contributed by atoms with Gasteiger partial charge in [-0.3, -0.25) is 4.79 Å². The van der Waals surface area contributed by atoms with E-state index in [2.05, 4.69) is 10.3 Å². The van der Waals surface area contributed by atoms with Gasteiger partial charge in [0, 0.05) is 24.5 Å². The Hall–Kier alpha value is -2.21. The molecule has 11 heteroatoms. The molecule has 1 aromatic carbocycles. The number of nitrogens with one attached hydrogen (secondary N) is 1. The molecule has 0 saturated carbocycles. The zero-order valence-corrected chi connectivity index (χ0v) is 19.0. The van der Waals surface area contributed by atoms with E-state index in [1.54, 1.807) is 6.07 Å². The molecule has 0 spiro atoms. The van der Waals surface area contributed by atoms with Gasteiger partial charge in [0.1, 0.15) is 6.04 Å². The van der Waals surface area contributed by atoms with E-state index in [1.165, 1.54) is 42.0 Å². The molecule has 1 N–H and O–H groups in total. The zero-order valence-electron chi connectivity index (χ0n) is 17.4. The van der Waals surface area contributed by atoms with Crippen molar-refractivity contribution in [3.05, 3.63) is 29.3 Å². The summed E-state index contributed by atoms with van der Waals surface area (Å²) in [6.45, 7) is 0.939. The van der Waals surface area contributed by atoms with Crippen molar-refractivity contribution >= 4 is 32.4 Å². The monoisotopic (exact) mass is 454 g/mol. The van der Waals surface area contributed by atoms with Crippen LogP contribution in [0.25, 0.3) is 0 Å². The van der Waals surface area contributed by atoms with E-state index in [4.69, 9.17) is 9.47 Å². The molecule has 1 unspecified atom stereocenters. The fourth-order valence-electron chi connectivity index (χ4n) is 3.35. The summed E-state index contributed by atoms with van der Waals surface area (Å²) >= 11 is 1.32. The molecule has 1 atom stereocenters. The molecule has 3 rings (SSSR count). The number of aromatic nitrogens is 1. The lowest BCUT2D eigenvalue weighted by atomic mass is 10.2. The van der Waals surface area contributed by atoms with Crippen molar-refractivity contribution in [1.29, 1.82) is 0 Å². The van der Waals surface area contributed by atoms with E-state index < -0.39 is 16.1 Å². The van der Waals surface area contributed by atoms with Crippen LogP contribution < -0.4 is 14.8 Å². The van der Waals surface area contributed by atoms with Gasteiger partial charge in [0.05, 0.1) is 24.8 Å². The molecule has 30 heavy (non-hydrogen) atoms. The maximum absolute atomic E-state index is 13.2. The van der Waals surface area contributed by atoms with Gasteiger partial charge in [-0.1, -0.05) is 0 Å². The Kier molecular flexibility index (Phi) is 6.96. The van der Waals surface area contributed by atoms with Crippen LogP contribution in [0.2, 0.25) is 0 Å². The van der Waals surface area contributed by atoms with Crippen LogP contribution in [0.5, 0.6) is 11.5 Å². The lowest BCUT2D eigenvalue weighted by Gasteiger charge is -2.23. The van der Waals surface area contributed by atoms with E-state index in [0.29, 0.717) is 36.0 Å². The highest BCUT2D eigenvalue weighted by molar-refractivity contribution is 7.89. The highest BCUT2D eigenvalue weighted by Crippen LogP contribution is 2.33. The first-order valence-electron chi connectivity index (χ1n) is 9.40. The number of amides is 1. The summed E-state index contributed by atoms with van der Waals surface area (Å²) in [5.74, 6) is 0.377. The van der Waals surface area contributed by atoms with Gasteiger partial charge in [0.25, 0.3) is 0 Å². The zero-order chi connectivity index (χ0) is 21.9. The fraction of sp³-hybridized carbons (Fsp3) is 0.474. The molecule has 1 aromatic heterocycles. The molecule has 1 aliphatic rings. The predicted molar refractivity (Wildman–Crippen MR) is 115 cm³/mol. The minimum Gasteiger partial charge on any atom is -0.493 e. The highest BCUT2D eigenvalue weighted by Gasteiger charge is 2.40. The molecule has 0 bridgehead atoms. The van der Waals surface area contributed by atoms with Crippen LogP contribution in [0.15, 0.2) is 28.5 Å². The topological polar surface area (TPSA) is 101 Å². The maximum atomic E-state index is 13.2. The Morgan fingerprint density at radius 2 is 2.03 bits per heavy atom. The number of anilines is 1. The Labute approximate surface area is 180 Å². The number of benzene rings is 1. The minimum atomic E-state index is -3.88. The van der Waals surface area contributed by atoms with Crippen LogP contribution in [-0.2, 0) is 21.4 Å². The number of sulfonamides is 1. The van der Waals surface area contributed by atoms with Crippen LogP contribution >= 0.6 is 11.3 Å². The molecule has 9 nitrogen and oxygen atoms in total. The molecule has 1 fully saturated rings. The molecule has 0 radical (unpaired) electrons. The number of methoxy groups -OCH3 is 2. The van der Waals surface area contributed by atoms with Gasteiger partial charge in [-0.05, 0) is 39.1 Å². The highest BCUT2D eigenvalue weighted by atomic mass is 32.2. The van der Waals surface area contributed by atoms with Crippen molar-refractivity contribution in [3.8, 4) is 11.5 Å². The van der Waals surface area contributed by atoms with Crippen LogP contribution in [0, 0.1) is 0 Å². The van der Waals surface area contributed by atoms with Crippen LogP contribution in [-0.4, -0.2) is 69.4 Å². The number of hydrogen-bond donors (Lipinski definition) is 1. The van der Waals surface area contributed by atoms with Gasteiger partial charge in [0.15, 0.2) is 16.6 Å². The van der Waals surface area contributed by atoms with E-state index >= 15 is 0 Å². The number of nitrogens with zero attached hydrogens (tertiary/aromatic N) is 3. The first-order chi connectivity index (χ1) is 14.3. The van der Waals surface area contributed by atoms with Gasteiger partial charge in [0.2, 0.25) is 15.9 Å². The minimum absolute atomic E-state index is 0.0577. The number of carbonyl (C=O) groups is 1. The summed E-state index contributed by atoms with van der Waals surface area (Å²) in [5, 5.41) is 5.11. The van der Waals surface area contributed by atoms with E-state index in [0.717, 1.165) is 5.69 Å². The number of carbonyl (C=O) groups excluding carboxylic acids is 1. The standard InChI is InChI=1S/C19H26N4O5S2/c1-22(2)11-13-12-29-19(20-13)21-18(24)15-6-5-9-23(15)30(25,26)14-7-8-16(27-3)17(10-14)28-4/h7-8,10,12,15H,5-6,9,11H2,1-4H3,(H,20,21,24). The lowest BCUT2D eigenvalue weighted by Crippen LogP contribution is -2.43. The number of rotatable bonds is 8. The smallest absolute Gasteiger partial charge is 0.244 e. The quantitative estimate of drug-likeness (QED) is 0.651. The van der Waals surface area contributed by atoms with E-state index in [1.807, 2.05) is 24.4 Å². The summed E-state index contributed by atoms with van der Waals surface area (Å²) in [7, 11) is 2.92. The van der Waals surface area contributed by atoms with Gasteiger partial charge in [-0.2, -0.15) is 4.31 Å². The van der Waals surface area contributed by atoms with Crippen molar-refractivity contribution in [2.75, 3.05) is 40.2 Å². The normalized spacial score (nSPS) is 17.3. The number of hydrogen-bond acceptors (Lipinski definition) is 8. The van der Waals surface area contributed by atoms with Crippen molar-refractivity contribution in [3.63, 3.8) is 0 Å². The molecular formula is C19H26N4O5S2. The van der Waals surface area contributed by atoms with E-state index in [9.17, 15) is 13.2 Å². The van der Waals surface area contributed by atoms with E-state index in [-0.39, 0.29) is 17.3 Å². The second-order valence-corrected chi connectivity index (χ2v) is 9.91. The average Bonchev–Trinajstić information content (AvgIpc) is 3.36. The SMILES string of the molecule is COc1ccc(S(=O)(=O)N2CCCC2C(=O)Nc2nc(CN(C)C)cs2)cc1OC. The molecule has 1 saturated heterocycles. The van der Waals surface area contributed by atoms with Gasteiger partial charge < -0.3 is 19.7 Å². The molecule has 164 valence electrons. The predicted octanol–water partition coefficient (Wildman–Crippen LogP) is 2.01. The molecule has 2 heterocycles. The Morgan fingerprint density at radius 1 is 1.30 bits per heavy atom. The van der Waals surface area contributed by atoms with Crippen LogP contribution in [0.3, 0.4) is 0 Å².